The summed E-state index contributed by atoms with van der Waals surface area (Å²) in [5, 5.41) is 2.83. The maximum atomic E-state index is 13.4. The van der Waals surface area contributed by atoms with Crippen LogP contribution in [0.15, 0.2) is 41.6 Å². The molecule has 6 rings (SSSR count). The lowest BCUT2D eigenvalue weighted by Gasteiger charge is -2.24. The van der Waals surface area contributed by atoms with Crippen LogP contribution in [0.2, 0.25) is 0 Å². The van der Waals surface area contributed by atoms with E-state index >= 15 is 0 Å². The van der Waals surface area contributed by atoms with Crippen molar-refractivity contribution >= 4 is 17.2 Å². The fourth-order valence-electron chi connectivity index (χ4n) is 5.79. The first-order chi connectivity index (χ1) is 16.7. The second-order valence-corrected chi connectivity index (χ2v) is 11.2. The first kappa shape index (κ1) is 22.3. The minimum Gasteiger partial charge on any atom is -0.490 e. The minimum atomic E-state index is -0.382. The molecule has 35 heavy (non-hydrogen) atoms. The fourth-order valence-corrected chi connectivity index (χ4v) is 5.79. The van der Waals surface area contributed by atoms with Gasteiger partial charge in [-0.3, -0.25) is 9.59 Å². The molecule has 2 aliphatic carbocycles. The quantitative estimate of drug-likeness (QED) is 0.572. The molecule has 3 aromatic heterocycles. The summed E-state index contributed by atoms with van der Waals surface area (Å²) in [7, 11) is 0. The van der Waals surface area contributed by atoms with Crippen molar-refractivity contribution in [1.82, 2.24) is 14.0 Å². The molecule has 1 N–H and O–H groups in total. The number of hydrogen-bond acceptors (Lipinski definition) is 5. The van der Waals surface area contributed by atoms with Crippen LogP contribution >= 0.6 is 0 Å². The van der Waals surface area contributed by atoms with Gasteiger partial charge in [-0.2, -0.15) is 0 Å². The van der Waals surface area contributed by atoms with Gasteiger partial charge >= 0.3 is 0 Å². The highest BCUT2D eigenvalue weighted by Gasteiger charge is 2.55. The zero-order valence-electron chi connectivity index (χ0n) is 20.7. The molecule has 4 atom stereocenters. The standard InChI is InChI=1S/C27H32N4O4/c1-16(2)35-21-11-23-29-22(27-8-7-26(4,14-27)34-15-27)13-30(23)12-18(21)24(32)28-19-6-5-9-31(25(19)33)20-10-17(20)3/h5-6,9,11-13,16-17,20H,7-8,10,14-15H2,1-4H3,(H,28,32)/t17-,20-,26+,27+/m1/s1. The van der Waals surface area contributed by atoms with E-state index in [2.05, 4.69) is 19.2 Å². The van der Waals surface area contributed by atoms with Gasteiger partial charge in [-0.15, -0.1) is 0 Å². The molecule has 0 aromatic carbocycles. The van der Waals surface area contributed by atoms with E-state index in [4.69, 9.17) is 14.5 Å². The first-order valence-electron chi connectivity index (χ1n) is 12.5. The third-order valence-electron chi connectivity index (χ3n) is 7.89. The van der Waals surface area contributed by atoms with E-state index in [0.717, 1.165) is 37.0 Å². The number of carbonyl (C=O) groups excluding carboxylic acids is 1. The second-order valence-electron chi connectivity index (χ2n) is 11.2. The van der Waals surface area contributed by atoms with Gasteiger partial charge in [0.2, 0.25) is 0 Å². The van der Waals surface area contributed by atoms with Crippen LogP contribution in [-0.2, 0) is 10.2 Å². The molecule has 1 saturated heterocycles. The zero-order chi connectivity index (χ0) is 24.5. The molecule has 184 valence electrons. The van der Waals surface area contributed by atoms with Gasteiger partial charge in [0.15, 0.2) is 0 Å². The maximum Gasteiger partial charge on any atom is 0.274 e. The molecule has 2 bridgehead atoms. The number of carbonyl (C=O) groups is 1. The van der Waals surface area contributed by atoms with Crippen molar-refractivity contribution in [2.24, 2.45) is 5.92 Å². The number of aromatic nitrogens is 3. The highest BCUT2D eigenvalue weighted by atomic mass is 16.5. The van der Waals surface area contributed by atoms with E-state index in [1.165, 1.54) is 0 Å². The summed E-state index contributed by atoms with van der Waals surface area (Å²) in [6, 6.07) is 5.47. The van der Waals surface area contributed by atoms with E-state index in [-0.39, 0.29) is 40.3 Å². The largest absolute Gasteiger partial charge is 0.490 e. The topological polar surface area (TPSA) is 86.9 Å². The SMILES string of the molecule is CC(C)Oc1cc2nc([C@@]34CC[C@@](C)(C3)OC4)cn2cc1C(=O)Nc1cccn([C@@H]2C[C@H]2C)c1=O. The van der Waals surface area contributed by atoms with Crippen LogP contribution in [0.25, 0.3) is 5.65 Å². The summed E-state index contributed by atoms with van der Waals surface area (Å²) in [6.07, 6.45) is 9.46. The predicted molar refractivity (Wildman–Crippen MR) is 132 cm³/mol. The minimum absolute atomic E-state index is 0.0619. The number of anilines is 1. The van der Waals surface area contributed by atoms with Gasteiger partial charge in [-0.1, -0.05) is 6.92 Å². The van der Waals surface area contributed by atoms with E-state index in [1.807, 2.05) is 30.5 Å². The Bertz CT molecular complexity index is 1380. The average Bonchev–Trinajstić information content (AvgIpc) is 3.12. The average molecular weight is 477 g/mol. The fraction of sp³-hybridized carbons (Fsp3) is 0.519. The summed E-state index contributed by atoms with van der Waals surface area (Å²) >= 11 is 0. The molecule has 0 unspecified atom stereocenters. The monoisotopic (exact) mass is 476 g/mol. The second kappa shape index (κ2) is 7.68. The predicted octanol–water partition coefficient (Wildman–Crippen LogP) is 4.33. The third-order valence-corrected chi connectivity index (χ3v) is 7.89. The van der Waals surface area contributed by atoms with Gasteiger partial charge in [0, 0.05) is 36.1 Å². The molecule has 2 saturated carbocycles. The molecular formula is C27H32N4O4. The van der Waals surface area contributed by atoms with Crippen molar-refractivity contribution in [3.8, 4) is 5.75 Å². The lowest BCUT2D eigenvalue weighted by atomic mass is 9.84. The van der Waals surface area contributed by atoms with Crippen molar-refractivity contribution in [3.63, 3.8) is 0 Å². The van der Waals surface area contributed by atoms with Gasteiger partial charge in [-0.25, -0.2) is 4.98 Å². The number of imidazole rings is 1. The van der Waals surface area contributed by atoms with Gasteiger partial charge in [-0.05, 0) is 64.5 Å². The van der Waals surface area contributed by atoms with Crippen LogP contribution in [0.5, 0.6) is 5.75 Å². The Kier molecular flexibility index (Phi) is 4.90. The Morgan fingerprint density at radius 1 is 1.31 bits per heavy atom. The van der Waals surface area contributed by atoms with Gasteiger partial charge in [0.1, 0.15) is 17.1 Å². The van der Waals surface area contributed by atoms with Gasteiger partial charge in [0.25, 0.3) is 11.5 Å². The summed E-state index contributed by atoms with van der Waals surface area (Å²) < 4.78 is 15.7. The van der Waals surface area contributed by atoms with Crippen LogP contribution in [0, 0.1) is 5.92 Å². The highest BCUT2D eigenvalue weighted by Crippen LogP contribution is 2.53. The molecule has 4 heterocycles. The van der Waals surface area contributed by atoms with Crippen molar-refractivity contribution in [3.05, 3.63) is 58.4 Å². The van der Waals surface area contributed by atoms with Crippen molar-refractivity contribution in [2.45, 2.75) is 76.5 Å². The Labute approximate surface area is 204 Å². The van der Waals surface area contributed by atoms with Crippen LogP contribution in [0.4, 0.5) is 5.69 Å². The number of nitrogens with one attached hydrogen (secondary N) is 1. The molecule has 0 radical (unpaired) electrons. The first-order valence-corrected chi connectivity index (χ1v) is 12.5. The van der Waals surface area contributed by atoms with E-state index in [0.29, 0.717) is 23.8 Å². The molecule has 3 fully saturated rings. The van der Waals surface area contributed by atoms with Crippen molar-refractivity contribution < 1.29 is 14.3 Å². The Balaban J connectivity index is 1.35. The number of amides is 1. The molecular weight excluding hydrogens is 444 g/mol. The summed E-state index contributed by atoms with van der Waals surface area (Å²) in [6.45, 7) is 8.81. The van der Waals surface area contributed by atoms with E-state index in [1.54, 1.807) is 29.1 Å². The van der Waals surface area contributed by atoms with E-state index < -0.39 is 0 Å². The van der Waals surface area contributed by atoms with Gasteiger partial charge < -0.3 is 23.8 Å². The normalized spacial score (nSPS) is 29.2. The Morgan fingerprint density at radius 3 is 2.74 bits per heavy atom. The molecule has 8 nitrogen and oxygen atoms in total. The molecule has 1 amide bonds. The maximum absolute atomic E-state index is 13.4. The molecule has 0 spiro atoms. The van der Waals surface area contributed by atoms with Crippen LogP contribution in [-0.4, -0.2) is 38.2 Å². The number of hydrogen-bond donors (Lipinski definition) is 1. The zero-order valence-corrected chi connectivity index (χ0v) is 20.7. The summed E-state index contributed by atoms with van der Waals surface area (Å²) in [4.78, 5) is 31.3. The van der Waals surface area contributed by atoms with Crippen molar-refractivity contribution in [1.29, 1.82) is 0 Å². The van der Waals surface area contributed by atoms with E-state index in [9.17, 15) is 9.59 Å². The Morgan fingerprint density at radius 2 is 2.11 bits per heavy atom. The summed E-state index contributed by atoms with van der Waals surface area (Å²) in [5.74, 6) is 0.544. The van der Waals surface area contributed by atoms with Crippen LogP contribution in [0.1, 0.15) is 75.5 Å². The molecule has 3 aromatic rings. The smallest absolute Gasteiger partial charge is 0.274 e. The number of fused-ring (bicyclic) bond motifs is 3. The lowest BCUT2D eigenvalue weighted by molar-refractivity contribution is -0.00627. The van der Waals surface area contributed by atoms with Crippen molar-refractivity contribution in [2.75, 3.05) is 11.9 Å². The summed E-state index contributed by atoms with van der Waals surface area (Å²) in [5.41, 5.74) is 2.04. The molecule has 3 aliphatic rings. The highest BCUT2D eigenvalue weighted by molar-refractivity contribution is 6.06. The number of ether oxygens (including phenoxy) is 2. The third kappa shape index (κ3) is 3.75. The Hall–Kier alpha value is -3.13. The lowest BCUT2D eigenvalue weighted by Crippen LogP contribution is -2.26. The number of pyridine rings is 2. The van der Waals surface area contributed by atoms with Crippen LogP contribution in [0.3, 0.4) is 0 Å². The van der Waals surface area contributed by atoms with Crippen LogP contribution < -0.4 is 15.6 Å². The molecule has 8 heteroatoms. The number of nitrogens with zero attached hydrogens (tertiary/aromatic N) is 3. The molecule has 1 aliphatic heterocycles. The number of rotatable bonds is 6. The van der Waals surface area contributed by atoms with Gasteiger partial charge in [0.05, 0.1) is 29.6 Å².